The second-order valence-electron chi connectivity index (χ2n) is 6.91. The van der Waals surface area contributed by atoms with Crippen LogP contribution in [0.25, 0.3) is 0 Å². The number of carbonyl (C=O) groups excluding carboxylic acids is 2. The number of urea groups is 1. The SMILES string of the molecule is CCS(=O)(=O)c1ccccc1C(=O)NCc1cccc(NC(=O)N2CCCC2)c1. The van der Waals surface area contributed by atoms with Gasteiger partial charge in [0.1, 0.15) is 0 Å². The van der Waals surface area contributed by atoms with Gasteiger partial charge >= 0.3 is 6.03 Å². The molecular formula is C21H25N3O4S. The van der Waals surface area contributed by atoms with Gasteiger partial charge in [-0.05, 0) is 42.7 Å². The molecule has 1 heterocycles. The van der Waals surface area contributed by atoms with E-state index in [9.17, 15) is 18.0 Å². The van der Waals surface area contributed by atoms with Crippen molar-refractivity contribution in [1.82, 2.24) is 10.2 Å². The van der Waals surface area contributed by atoms with Gasteiger partial charge in [-0.25, -0.2) is 13.2 Å². The largest absolute Gasteiger partial charge is 0.348 e. The average Bonchev–Trinajstić information content (AvgIpc) is 3.27. The van der Waals surface area contributed by atoms with E-state index in [0.717, 1.165) is 31.5 Å². The molecule has 154 valence electrons. The van der Waals surface area contributed by atoms with Crippen molar-refractivity contribution in [3.8, 4) is 0 Å². The van der Waals surface area contributed by atoms with Gasteiger partial charge in [0.25, 0.3) is 5.91 Å². The predicted molar refractivity (Wildman–Crippen MR) is 112 cm³/mol. The number of hydrogen-bond donors (Lipinski definition) is 2. The van der Waals surface area contributed by atoms with Gasteiger partial charge in [-0.15, -0.1) is 0 Å². The Hall–Kier alpha value is -2.87. The number of sulfone groups is 1. The van der Waals surface area contributed by atoms with Crippen molar-refractivity contribution in [1.29, 1.82) is 0 Å². The van der Waals surface area contributed by atoms with Gasteiger partial charge in [0.15, 0.2) is 9.84 Å². The minimum Gasteiger partial charge on any atom is -0.348 e. The van der Waals surface area contributed by atoms with Crippen molar-refractivity contribution in [2.24, 2.45) is 0 Å². The van der Waals surface area contributed by atoms with E-state index < -0.39 is 15.7 Å². The first-order valence-corrected chi connectivity index (χ1v) is 11.3. The summed E-state index contributed by atoms with van der Waals surface area (Å²) in [5.74, 6) is -0.528. The van der Waals surface area contributed by atoms with Gasteiger partial charge < -0.3 is 15.5 Å². The molecule has 0 bridgehead atoms. The second-order valence-corrected chi connectivity index (χ2v) is 9.15. The smallest absolute Gasteiger partial charge is 0.321 e. The van der Waals surface area contributed by atoms with Crippen molar-refractivity contribution in [2.45, 2.75) is 31.2 Å². The summed E-state index contributed by atoms with van der Waals surface area (Å²) in [5.41, 5.74) is 1.59. The molecule has 0 unspecified atom stereocenters. The molecule has 3 rings (SSSR count). The minimum absolute atomic E-state index is 0.0339. The predicted octanol–water partition coefficient (Wildman–Crippen LogP) is 3.04. The molecule has 0 spiro atoms. The number of likely N-dealkylation sites (tertiary alicyclic amines) is 1. The maximum Gasteiger partial charge on any atom is 0.321 e. The van der Waals surface area contributed by atoms with E-state index in [1.165, 1.54) is 12.1 Å². The third kappa shape index (κ3) is 5.14. The molecule has 0 atom stereocenters. The maximum absolute atomic E-state index is 12.6. The molecule has 2 N–H and O–H groups in total. The van der Waals surface area contributed by atoms with E-state index in [1.54, 1.807) is 42.2 Å². The van der Waals surface area contributed by atoms with Crippen LogP contribution in [0.15, 0.2) is 53.4 Å². The van der Waals surface area contributed by atoms with Crippen molar-refractivity contribution in [3.63, 3.8) is 0 Å². The number of amides is 3. The highest BCUT2D eigenvalue weighted by atomic mass is 32.2. The second kappa shape index (κ2) is 9.09. The minimum atomic E-state index is -3.50. The summed E-state index contributed by atoms with van der Waals surface area (Å²) < 4.78 is 24.5. The van der Waals surface area contributed by atoms with Crippen LogP contribution >= 0.6 is 0 Å². The third-order valence-corrected chi connectivity index (χ3v) is 6.66. The quantitative estimate of drug-likeness (QED) is 0.758. The number of hydrogen-bond acceptors (Lipinski definition) is 4. The Labute approximate surface area is 171 Å². The zero-order valence-corrected chi connectivity index (χ0v) is 17.2. The van der Waals surface area contributed by atoms with Gasteiger partial charge in [-0.2, -0.15) is 0 Å². The fourth-order valence-corrected chi connectivity index (χ4v) is 4.33. The van der Waals surface area contributed by atoms with Crippen LogP contribution in [0, 0.1) is 0 Å². The van der Waals surface area contributed by atoms with Crippen LogP contribution in [-0.2, 0) is 16.4 Å². The van der Waals surface area contributed by atoms with Crippen molar-refractivity contribution in [2.75, 3.05) is 24.2 Å². The lowest BCUT2D eigenvalue weighted by Gasteiger charge is -2.16. The molecule has 7 nitrogen and oxygen atoms in total. The van der Waals surface area contributed by atoms with E-state index in [2.05, 4.69) is 10.6 Å². The highest BCUT2D eigenvalue weighted by Crippen LogP contribution is 2.18. The molecule has 0 aromatic heterocycles. The van der Waals surface area contributed by atoms with Crippen LogP contribution in [0.5, 0.6) is 0 Å². The highest BCUT2D eigenvalue weighted by molar-refractivity contribution is 7.91. The van der Waals surface area contributed by atoms with Crippen molar-refractivity contribution in [3.05, 3.63) is 59.7 Å². The number of anilines is 1. The van der Waals surface area contributed by atoms with Gasteiger partial charge in [0.05, 0.1) is 16.2 Å². The molecule has 8 heteroatoms. The van der Waals surface area contributed by atoms with Crippen molar-refractivity contribution >= 4 is 27.5 Å². The maximum atomic E-state index is 12.6. The normalized spacial score (nSPS) is 13.9. The van der Waals surface area contributed by atoms with Gasteiger partial charge in [0.2, 0.25) is 0 Å². The molecule has 1 saturated heterocycles. The molecule has 0 saturated carbocycles. The molecule has 1 aliphatic heterocycles. The molecule has 29 heavy (non-hydrogen) atoms. The lowest BCUT2D eigenvalue weighted by Crippen LogP contribution is -2.32. The van der Waals surface area contributed by atoms with Crippen molar-refractivity contribution < 1.29 is 18.0 Å². The molecular weight excluding hydrogens is 390 g/mol. The van der Waals surface area contributed by atoms with Crippen LogP contribution in [0.1, 0.15) is 35.7 Å². The van der Waals surface area contributed by atoms with Crippen LogP contribution in [-0.4, -0.2) is 44.1 Å². The van der Waals surface area contributed by atoms with Crippen LogP contribution in [0.3, 0.4) is 0 Å². The van der Waals surface area contributed by atoms with E-state index in [-0.39, 0.29) is 28.8 Å². The molecule has 2 aromatic carbocycles. The topological polar surface area (TPSA) is 95.6 Å². The third-order valence-electron chi connectivity index (χ3n) is 4.87. The Kier molecular flexibility index (Phi) is 6.53. The summed E-state index contributed by atoms with van der Waals surface area (Å²) in [7, 11) is -3.50. The summed E-state index contributed by atoms with van der Waals surface area (Å²) in [6, 6.07) is 13.3. The first kappa shape index (κ1) is 20.9. The van der Waals surface area contributed by atoms with E-state index >= 15 is 0 Å². The Balaban J connectivity index is 1.66. The molecule has 2 aromatic rings. The fraction of sp³-hybridized carbons (Fsp3) is 0.333. The molecule has 1 aliphatic rings. The number of nitrogens with one attached hydrogen (secondary N) is 2. The summed E-state index contributed by atoms with van der Waals surface area (Å²) in [5, 5.41) is 5.64. The number of benzene rings is 2. The van der Waals surface area contributed by atoms with Crippen LogP contribution in [0.4, 0.5) is 10.5 Å². The Bertz CT molecular complexity index is 998. The summed E-state index contributed by atoms with van der Waals surface area (Å²) in [4.78, 5) is 26.6. The van der Waals surface area contributed by atoms with Crippen LogP contribution in [0.2, 0.25) is 0 Å². The highest BCUT2D eigenvalue weighted by Gasteiger charge is 2.20. The molecule has 1 fully saturated rings. The van der Waals surface area contributed by atoms with Gasteiger partial charge in [-0.3, -0.25) is 4.79 Å². The first-order valence-electron chi connectivity index (χ1n) is 9.65. The molecule has 3 amide bonds. The summed E-state index contributed by atoms with van der Waals surface area (Å²) in [6.07, 6.45) is 2.05. The average molecular weight is 416 g/mol. The summed E-state index contributed by atoms with van der Waals surface area (Å²) >= 11 is 0. The Morgan fingerprint density at radius 1 is 1.03 bits per heavy atom. The zero-order chi connectivity index (χ0) is 20.9. The van der Waals surface area contributed by atoms with Gasteiger partial charge in [-0.1, -0.05) is 31.2 Å². The first-order chi connectivity index (χ1) is 13.9. The van der Waals surface area contributed by atoms with E-state index in [4.69, 9.17) is 0 Å². The van der Waals surface area contributed by atoms with E-state index in [1.807, 2.05) is 6.07 Å². The monoisotopic (exact) mass is 415 g/mol. The fourth-order valence-electron chi connectivity index (χ4n) is 3.24. The molecule has 0 radical (unpaired) electrons. The lowest BCUT2D eigenvalue weighted by atomic mass is 10.1. The molecule has 0 aliphatic carbocycles. The van der Waals surface area contributed by atoms with Gasteiger partial charge in [0, 0.05) is 25.3 Å². The number of carbonyl (C=O) groups is 2. The number of nitrogens with zero attached hydrogens (tertiary/aromatic N) is 1. The van der Waals surface area contributed by atoms with Crippen LogP contribution < -0.4 is 10.6 Å². The number of rotatable bonds is 6. The standard InChI is InChI=1S/C21H25N3O4S/c1-2-29(27,28)19-11-4-3-10-18(19)20(25)22-15-16-8-7-9-17(14-16)23-21(26)24-12-5-6-13-24/h3-4,7-11,14H,2,5-6,12-13,15H2,1H3,(H,22,25)(H,23,26). The summed E-state index contributed by atoms with van der Waals surface area (Å²) in [6.45, 7) is 3.29. The lowest BCUT2D eigenvalue weighted by molar-refractivity contribution is 0.0947. The Morgan fingerprint density at radius 3 is 2.48 bits per heavy atom. The Morgan fingerprint density at radius 2 is 1.76 bits per heavy atom. The van der Waals surface area contributed by atoms with E-state index in [0.29, 0.717) is 5.69 Å². The zero-order valence-electron chi connectivity index (χ0n) is 16.3.